The summed E-state index contributed by atoms with van der Waals surface area (Å²) in [6.45, 7) is 2.05. The lowest BCUT2D eigenvalue weighted by Crippen LogP contribution is -2.26. The van der Waals surface area contributed by atoms with Crippen molar-refractivity contribution in [3.63, 3.8) is 0 Å². The maximum Gasteiger partial charge on any atom is 0.259 e. The third kappa shape index (κ3) is 4.47. The van der Waals surface area contributed by atoms with Gasteiger partial charge in [0.2, 0.25) is 0 Å². The molecule has 1 heterocycles. The minimum atomic E-state index is -0.177. The lowest BCUT2D eigenvalue weighted by atomic mass is 10.3. The van der Waals surface area contributed by atoms with Crippen LogP contribution < -0.4 is 10.7 Å². The molecule has 0 unspecified atom stereocenters. The van der Waals surface area contributed by atoms with Crippen molar-refractivity contribution in [2.45, 2.75) is 6.92 Å². The average Bonchev–Trinajstić information content (AvgIpc) is 2.98. The van der Waals surface area contributed by atoms with Crippen LogP contribution in [0, 0.1) is 0 Å². The van der Waals surface area contributed by atoms with E-state index in [-0.39, 0.29) is 12.5 Å². The number of hydrazone groups is 1. The fourth-order valence-corrected chi connectivity index (χ4v) is 2.42. The highest BCUT2D eigenvalue weighted by atomic mass is 79.9. The number of halogens is 1. The van der Waals surface area contributed by atoms with Gasteiger partial charge in [-0.3, -0.25) is 4.79 Å². The van der Waals surface area contributed by atoms with Crippen LogP contribution in [0.3, 0.4) is 0 Å². The lowest BCUT2D eigenvalue weighted by molar-refractivity contribution is -0.119. The summed E-state index contributed by atoms with van der Waals surface area (Å²) >= 11 is 4.95. The molecule has 20 heavy (non-hydrogen) atoms. The number of carbonyl (C=O) groups is 1. The fraction of sp³-hybridized carbons (Fsp3) is 0.143. The van der Waals surface area contributed by atoms with Gasteiger partial charge in [0.15, 0.2) is 0 Å². The molecule has 2 N–H and O–H groups in total. The third-order valence-corrected chi connectivity index (χ3v) is 4.03. The molecule has 2 aromatic rings. The number of benzene rings is 1. The van der Waals surface area contributed by atoms with E-state index in [4.69, 9.17) is 0 Å². The zero-order valence-electron chi connectivity index (χ0n) is 10.9. The van der Waals surface area contributed by atoms with Gasteiger partial charge in [0.1, 0.15) is 0 Å². The van der Waals surface area contributed by atoms with Gasteiger partial charge in [0.25, 0.3) is 5.91 Å². The van der Waals surface area contributed by atoms with E-state index < -0.39 is 0 Å². The van der Waals surface area contributed by atoms with Crippen molar-refractivity contribution in [1.82, 2.24) is 5.43 Å². The second-order valence-corrected chi connectivity index (χ2v) is 5.93. The second kappa shape index (κ2) is 7.21. The van der Waals surface area contributed by atoms with E-state index in [2.05, 4.69) is 31.8 Å². The zero-order chi connectivity index (χ0) is 14.4. The first-order valence-corrected chi connectivity index (χ1v) is 7.69. The number of nitrogens with one attached hydrogen (secondary N) is 2. The van der Waals surface area contributed by atoms with Crippen LogP contribution in [0.1, 0.15) is 11.8 Å². The van der Waals surface area contributed by atoms with Crippen LogP contribution >= 0.6 is 27.3 Å². The Balaban J connectivity index is 1.81. The Bertz CT molecular complexity index is 593. The van der Waals surface area contributed by atoms with Gasteiger partial charge in [-0.1, -0.05) is 22.0 Å². The molecule has 0 fully saturated rings. The normalized spacial score (nSPS) is 11.2. The smallest absolute Gasteiger partial charge is 0.259 e. The Morgan fingerprint density at radius 2 is 2.05 bits per heavy atom. The van der Waals surface area contributed by atoms with Gasteiger partial charge in [-0.2, -0.15) is 5.10 Å². The number of anilines is 1. The van der Waals surface area contributed by atoms with Crippen LogP contribution in [0.15, 0.2) is 51.4 Å². The molecule has 0 aliphatic carbocycles. The molecular weight excluding hydrogens is 338 g/mol. The summed E-state index contributed by atoms with van der Waals surface area (Å²) in [6, 6.07) is 11.6. The minimum absolute atomic E-state index is 0.177. The molecule has 4 nitrogen and oxygen atoms in total. The van der Waals surface area contributed by atoms with E-state index >= 15 is 0 Å². The first kappa shape index (κ1) is 14.7. The maximum atomic E-state index is 11.7. The molecule has 0 bridgehead atoms. The summed E-state index contributed by atoms with van der Waals surface area (Å²) in [5.74, 6) is -0.177. The minimum Gasteiger partial charge on any atom is -0.376 e. The Labute approximate surface area is 130 Å². The lowest BCUT2D eigenvalue weighted by Gasteiger charge is -2.05. The van der Waals surface area contributed by atoms with Crippen LogP contribution in [-0.4, -0.2) is 18.2 Å². The van der Waals surface area contributed by atoms with Crippen molar-refractivity contribution < 1.29 is 4.79 Å². The number of carbonyl (C=O) groups excluding carboxylic acids is 1. The Kier molecular flexibility index (Phi) is 5.31. The largest absolute Gasteiger partial charge is 0.376 e. The molecule has 0 saturated heterocycles. The monoisotopic (exact) mass is 351 g/mol. The zero-order valence-corrected chi connectivity index (χ0v) is 13.3. The van der Waals surface area contributed by atoms with Crippen molar-refractivity contribution in [2.75, 3.05) is 11.9 Å². The van der Waals surface area contributed by atoms with Crippen molar-refractivity contribution in [1.29, 1.82) is 0 Å². The van der Waals surface area contributed by atoms with Gasteiger partial charge in [0.05, 0.1) is 12.3 Å². The van der Waals surface area contributed by atoms with Crippen LogP contribution in [0.25, 0.3) is 0 Å². The first-order valence-electron chi connectivity index (χ1n) is 6.01. The molecule has 1 amide bonds. The van der Waals surface area contributed by atoms with E-state index in [1.54, 1.807) is 11.3 Å². The van der Waals surface area contributed by atoms with Gasteiger partial charge < -0.3 is 5.32 Å². The third-order valence-electron chi connectivity index (χ3n) is 2.52. The van der Waals surface area contributed by atoms with Crippen molar-refractivity contribution in [3.8, 4) is 0 Å². The van der Waals surface area contributed by atoms with Gasteiger partial charge >= 0.3 is 0 Å². The topological polar surface area (TPSA) is 53.5 Å². The molecule has 0 radical (unpaired) electrons. The van der Waals surface area contributed by atoms with Crippen LogP contribution in [-0.2, 0) is 4.79 Å². The van der Waals surface area contributed by atoms with E-state index in [1.165, 1.54) is 0 Å². The maximum absolute atomic E-state index is 11.7. The predicted octanol–water partition coefficient (Wildman–Crippen LogP) is 3.46. The van der Waals surface area contributed by atoms with E-state index in [0.717, 1.165) is 20.7 Å². The summed E-state index contributed by atoms with van der Waals surface area (Å²) < 4.78 is 1.00. The molecule has 2 rings (SSSR count). The van der Waals surface area contributed by atoms with Crippen molar-refractivity contribution in [2.24, 2.45) is 5.10 Å². The Morgan fingerprint density at radius 3 is 2.70 bits per heavy atom. The first-order chi connectivity index (χ1) is 9.65. The van der Waals surface area contributed by atoms with Gasteiger partial charge in [-0.15, -0.1) is 11.3 Å². The number of hydrogen-bond acceptors (Lipinski definition) is 4. The second-order valence-electron chi connectivity index (χ2n) is 4.07. The van der Waals surface area contributed by atoms with E-state index in [9.17, 15) is 4.79 Å². The van der Waals surface area contributed by atoms with Crippen LogP contribution in [0.2, 0.25) is 0 Å². The SMILES string of the molecule is C/C(=N/NC(=O)CNc1ccc(Br)cc1)c1cccs1. The Hall–Kier alpha value is -1.66. The number of nitrogens with zero attached hydrogens (tertiary/aromatic N) is 1. The highest BCUT2D eigenvalue weighted by molar-refractivity contribution is 9.10. The molecule has 104 valence electrons. The Morgan fingerprint density at radius 1 is 1.30 bits per heavy atom. The molecule has 1 aromatic heterocycles. The quantitative estimate of drug-likeness (QED) is 0.640. The van der Waals surface area contributed by atoms with Crippen LogP contribution in [0.4, 0.5) is 5.69 Å². The van der Waals surface area contributed by atoms with Crippen molar-refractivity contribution in [3.05, 3.63) is 51.1 Å². The highest BCUT2D eigenvalue weighted by Gasteiger charge is 2.02. The molecule has 0 saturated carbocycles. The molecule has 0 atom stereocenters. The number of rotatable bonds is 5. The molecular formula is C14H14BrN3OS. The number of hydrogen-bond donors (Lipinski definition) is 2. The van der Waals surface area contributed by atoms with Gasteiger partial charge in [-0.25, -0.2) is 5.43 Å². The standard InChI is InChI=1S/C14H14BrN3OS/c1-10(13-3-2-8-20-13)17-18-14(19)9-16-12-6-4-11(15)5-7-12/h2-8,16H,9H2,1H3,(H,18,19)/b17-10-. The molecule has 0 aliphatic heterocycles. The summed E-state index contributed by atoms with van der Waals surface area (Å²) in [6.07, 6.45) is 0. The summed E-state index contributed by atoms with van der Waals surface area (Å²) in [5, 5.41) is 9.08. The van der Waals surface area contributed by atoms with Crippen LogP contribution in [0.5, 0.6) is 0 Å². The van der Waals surface area contributed by atoms with E-state index in [1.807, 2.05) is 48.7 Å². The molecule has 0 spiro atoms. The van der Waals surface area contributed by atoms with Gasteiger partial charge in [0, 0.05) is 15.0 Å². The molecule has 6 heteroatoms. The molecule has 1 aromatic carbocycles. The number of amides is 1. The number of thiophene rings is 1. The fourth-order valence-electron chi connectivity index (χ4n) is 1.48. The predicted molar refractivity (Wildman–Crippen MR) is 87.3 cm³/mol. The highest BCUT2D eigenvalue weighted by Crippen LogP contribution is 2.13. The summed E-state index contributed by atoms with van der Waals surface area (Å²) in [5.41, 5.74) is 4.23. The average molecular weight is 352 g/mol. The van der Waals surface area contributed by atoms with E-state index in [0.29, 0.717) is 0 Å². The van der Waals surface area contributed by atoms with Crippen molar-refractivity contribution >= 4 is 44.6 Å². The summed E-state index contributed by atoms with van der Waals surface area (Å²) in [4.78, 5) is 12.7. The molecule has 0 aliphatic rings. The van der Waals surface area contributed by atoms with Gasteiger partial charge in [-0.05, 0) is 42.6 Å². The summed E-state index contributed by atoms with van der Waals surface area (Å²) in [7, 11) is 0.